The van der Waals surface area contributed by atoms with Crippen molar-refractivity contribution in [3.05, 3.63) is 109 Å². The molecule has 3 aromatic heterocycles. The smallest absolute Gasteiger partial charge is 0.144 e. The number of hydrogen-bond acceptors (Lipinski definition) is 2. The SMILES string of the molecule is Fc1ccc2c(c1)oc1c(-c3cc(-n4c5ccccc5c5ccccc54)ccn3)cccc12. The van der Waals surface area contributed by atoms with Crippen LogP contribution in [0.4, 0.5) is 4.39 Å². The summed E-state index contributed by atoms with van der Waals surface area (Å²) in [6.07, 6.45) is 1.83. The first-order chi connectivity index (χ1) is 16.3. The van der Waals surface area contributed by atoms with Crippen LogP contribution in [-0.2, 0) is 0 Å². The molecule has 0 radical (unpaired) electrons. The highest BCUT2D eigenvalue weighted by Crippen LogP contribution is 2.37. The summed E-state index contributed by atoms with van der Waals surface area (Å²) in [4.78, 5) is 4.67. The number of benzene rings is 4. The molecule has 0 saturated heterocycles. The van der Waals surface area contributed by atoms with Crippen LogP contribution in [0.25, 0.3) is 60.7 Å². The summed E-state index contributed by atoms with van der Waals surface area (Å²) in [6.45, 7) is 0. The van der Waals surface area contributed by atoms with E-state index in [1.54, 1.807) is 6.07 Å². The highest BCUT2D eigenvalue weighted by atomic mass is 19.1. The first kappa shape index (κ1) is 18.2. The number of para-hydroxylation sites is 3. The number of rotatable bonds is 2. The third-order valence-electron chi connectivity index (χ3n) is 6.32. The molecule has 0 spiro atoms. The van der Waals surface area contributed by atoms with E-state index in [9.17, 15) is 4.39 Å². The molecule has 33 heavy (non-hydrogen) atoms. The van der Waals surface area contributed by atoms with E-state index in [4.69, 9.17) is 4.42 Å². The molecule has 0 unspecified atom stereocenters. The molecule has 0 fully saturated rings. The summed E-state index contributed by atoms with van der Waals surface area (Å²) in [5.41, 5.74) is 6.25. The second kappa shape index (κ2) is 6.78. The predicted octanol–water partition coefficient (Wildman–Crippen LogP) is 7.88. The highest BCUT2D eigenvalue weighted by molar-refractivity contribution is 6.10. The fraction of sp³-hybridized carbons (Fsp3) is 0. The van der Waals surface area contributed by atoms with Gasteiger partial charge in [-0.05, 0) is 42.5 Å². The zero-order valence-electron chi connectivity index (χ0n) is 17.5. The van der Waals surface area contributed by atoms with Crippen LogP contribution < -0.4 is 0 Å². The lowest BCUT2D eigenvalue weighted by Crippen LogP contribution is -1.95. The van der Waals surface area contributed by atoms with E-state index in [0.29, 0.717) is 11.2 Å². The van der Waals surface area contributed by atoms with Gasteiger partial charge in [-0.25, -0.2) is 4.39 Å². The molecule has 0 saturated carbocycles. The van der Waals surface area contributed by atoms with Crippen LogP contribution in [0, 0.1) is 5.82 Å². The van der Waals surface area contributed by atoms with Gasteiger partial charge in [0.2, 0.25) is 0 Å². The Labute approximate surface area is 188 Å². The van der Waals surface area contributed by atoms with Gasteiger partial charge in [0.1, 0.15) is 17.0 Å². The average Bonchev–Trinajstić information content (AvgIpc) is 3.39. The number of halogens is 1. The maximum atomic E-state index is 13.8. The van der Waals surface area contributed by atoms with Gasteiger partial charge < -0.3 is 8.98 Å². The third-order valence-corrected chi connectivity index (χ3v) is 6.32. The number of aromatic nitrogens is 2. The van der Waals surface area contributed by atoms with Crippen LogP contribution in [0.1, 0.15) is 0 Å². The van der Waals surface area contributed by atoms with E-state index in [-0.39, 0.29) is 5.82 Å². The van der Waals surface area contributed by atoms with Crippen molar-refractivity contribution in [1.29, 1.82) is 0 Å². The molecule has 0 bridgehead atoms. The van der Waals surface area contributed by atoms with Gasteiger partial charge in [-0.1, -0.05) is 48.5 Å². The molecule has 4 aromatic carbocycles. The van der Waals surface area contributed by atoms with E-state index < -0.39 is 0 Å². The van der Waals surface area contributed by atoms with E-state index in [1.165, 1.54) is 22.9 Å². The van der Waals surface area contributed by atoms with Crippen molar-refractivity contribution in [3.63, 3.8) is 0 Å². The van der Waals surface area contributed by atoms with E-state index in [2.05, 4.69) is 64.1 Å². The molecule has 0 atom stereocenters. The third kappa shape index (κ3) is 2.64. The van der Waals surface area contributed by atoms with Crippen molar-refractivity contribution >= 4 is 43.7 Å². The Morgan fingerprint density at radius 3 is 2.18 bits per heavy atom. The molecule has 7 aromatic rings. The van der Waals surface area contributed by atoms with Crippen LogP contribution in [0.15, 0.2) is 108 Å². The van der Waals surface area contributed by atoms with Crippen LogP contribution in [0.2, 0.25) is 0 Å². The number of fused-ring (bicyclic) bond motifs is 6. The quantitative estimate of drug-likeness (QED) is 0.280. The standard InChI is InChI=1S/C29H17FN2O/c30-18-12-13-22-23-8-5-9-24(29(23)33-28(22)16-18)25-17-19(14-15-31-25)32-26-10-3-1-6-20(26)21-7-2-4-11-27(21)32/h1-17H. The Balaban J connectivity index is 1.49. The first-order valence-electron chi connectivity index (χ1n) is 10.8. The lowest BCUT2D eigenvalue weighted by atomic mass is 10.1. The van der Waals surface area contributed by atoms with Gasteiger partial charge in [0, 0.05) is 45.1 Å². The molecule has 7 rings (SSSR count). The lowest BCUT2D eigenvalue weighted by Gasteiger charge is -2.10. The maximum Gasteiger partial charge on any atom is 0.144 e. The second-order valence-electron chi connectivity index (χ2n) is 8.19. The molecule has 0 N–H and O–H groups in total. The summed E-state index contributed by atoms with van der Waals surface area (Å²) in [5.74, 6) is -0.311. The molecule has 4 heteroatoms. The van der Waals surface area contributed by atoms with E-state index >= 15 is 0 Å². The molecule has 3 nitrogen and oxygen atoms in total. The van der Waals surface area contributed by atoms with Gasteiger partial charge in [0.15, 0.2) is 0 Å². The average molecular weight is 428 g/mol. The first-order valence-corrected chi connectivity index (χ1v) is 10.8. The fourth-order valence-corrected chi connectivity index (χ4v) is 4.88. The van der Waals surface area contributed by atoms with E-state index in [0.717, 1.165) is 38.8 Å². The minimum absolute atomic E-state index is 0.311. The van der Waals surface area contributed by atoms with Gasteiger partial charge in [0.25, 0.3) is 0 Å². The van der Waals surface area contributed by atoms with Crippen LogP contribution in [-0.4, -0.2) is 9.55 Å². The van der Waals surface area contributed by atoms with Gasteiger partial charge in [-0.15, -0.1) is 0 Å². The van der Waals surface area contributed by atoms with Gasteiger partial charge in [-0.3, -0.25) is 4.98 Å². The number of pyridine rings is 1. The number of furan rings is 1. The van der Waals surface area contributed by atoms with E-state index in [1.807, 2.05) is 30.5 Å². The van der Waals surface area contributed by atoms with Crippen LogP contribution in [0.5, 0.6) is 0 Å². The number of hydrogen-bond donors (Lipinski definition) is 0. The minimum atomic E-state index is -0.311. The van der Waals surface area contributed by atoms with Crippen molar-refractivity contribution in [2.75, 3.05) is 0 Å². The summed E-state index contributed by atoms with van der Waals surface area (Å²) in [6, 6.07) is 31.6. The Hall–Kier alpha value is -4.44. The van der Waals surface area contributed by atoms with Crippen molar-refractivity contribution in [3.8, 4) is 16.9 Å². The van der Waals surface area contributed by atoms with Gasteiger partial charge in [0.05, 0.1) is 16.7 Å². The van der Waals surface area contributed by atoms with Crippen molar-refractivity contribution in [2.45, 2.75) is 0 Å². The number of nitrogens with zero attached hydrogens (tertiary/aromatic N) is 2. The Bertz CT molecular complexity index is 1790. The molecule has 3 heterocycles. The van der Waals surface area contributed by atoms with Gasteiger partial charge >= 0.3 is 0 Å². The highest BCUT2D eigenvalue weighted by Gasteiger charge is 2.16. The van der Waals surface area contributed by atoms with Gasteiger partial charge in [-0.2, -0.15) is 0 Å². The maximum absolute atomic E-state index is 13.8. The second-order valence-corrected chi connectivity index (χ2v) is 8.19. The Morgan fingerprint density at radius 1 is 0.667 bits per heavy atom. The summed E-state index contributed by atoms with van der Waals surface area (Å²) in [5, 5.41) is 4.28. The molecular weight excluding hydrogens is 411 g/mol. The van der Waals surface area contributed by atoms with Crippen molar-refractivity contribution < 1.29 is 8.81 Å². The summed E-state index contributed by atoms with van der Waals surface area (Å²) >= 11 is 0. The molecule has 156 valence electrons. The predicted molar refractivity (Wildman–Crippen MR) is 131 cm³/mol. The van der Waals surface area contributed by atoms with Crippen molar-refractivity contribution in [2.24, 2.45) is 0 Å². The summed E-state index contributed by atoms with van der Waals surface area (Å²) < 4.78 is 22.1. The monoisotopic (exact) mass is 428 g/mol. The Morgan fingerprint density at radius 2 is 1.39 bits per heavy atom. The van der Waals surface area contributed by atoms with Crippen LogP contribution >= 0.6 is 0 Å². The topological polar surface area (TPSA) is 31.0 Å². The normalized spacial score (nSPS) is 11.8. The fourth-order valence-electron chi connectivity index (χ4n) is 4.88. The Kier molecular flexibility index (Phi) is 3.73. The molecule has 0 amide bonds. The largest absolute Gasteiger partial charge is 0.455 e. The molecule has 0 aliphatic carbocycles. The molecule has 0 aliphatic rings. The molecular formula is C29H17FN2O. The zero-order chi connectivity index (χ0) is 21.9. The lowest BCUT2D eigenvalue weighted by molar-refractivity contribution is 0.618. The molecule has 0 aliphatic heterocycles. The van der Waals surface area contributed by atoms with Crippen LogP contribution in [0.3, 0.4) is 0 Å². The minimum Gasteiger partial charge on any atom is -0.455 e. The zero-order valence-corrected chi connectivity index (χ0v) is 17.5. The van der Waals surface area contributed by atoms with Crippen molar-refractivity contribution in [1.82, 2.24) is 9.55 Å². The summed E-state index contributed by atoms with van der Waals surface area (Å²) in [7, 11) is 0.